The third kappa shape index (κ3) is 3.78. The van der Waals surface area contributed by atoms with Gasteiger partial charge in [-0.25, -0.2) is 0 Å². The Bertz CT molecular complexity index is 126. The number of ether oxygens (including phenoxy) is 1. The molecule has 0 radical (unpaired) electrons. The molecule has 0 aromatic rings. The molecule has 0 amide bonds. The van der Waals surface area contributed by atoms with Crippen molar-refractivity contribution >= 4 is 10.7 Å². The molecule has 0 aromatic heterocycles. The molecule has 0 aliphatic carbocycles. The first-order valence-corrected chi connectivity index (χ1v) is 3.78. The Balaban J connectivity index is 3.49. The molecular formula is C4H8N2OS. The molecule has 3 nitrogen and oxygen atoms in total. The number of nitriles is 1. The zero-order valence-electron chi connectivity index (χ0n) is 4.92. The van der Waals surface area contributed by atoms with Crippen LogP contribution in [0.25, 0.3) is 0 Å². The minimum Gasteiger partial charge on any atom is -0.373 e. The summed E-state index contributed by atoms with van der Waals surface area (Å²) in [5.74, 6) is 0.549. The molecular weight excluding hydrogens is 124 g/mol. The molecule has 1 unspecified atom stereocenters. The largest absolute Gasteiger partial charge is 0.373 e. The van der Waals surface area contributed by atoms with Crippen molar-refractivity contribution in [3.8, 4) is 6.19 Å². The summed E-state index contributed by atoms with van der Waals surface area (Å²) < 4.78 is 8.25. The van der Waals surface area contributed by atoms with Crippen molar-refractivity contribution in [1.29, 1.82) is 5.26 Å². The Hall–Kier alpha value is -0.400. The van der Waals surface area contributed by atoms with Crippen LogP contribution >= 0.6 is 0 Å². The predicted molar refractivity (Wildman–Crippen MR) is 33.2 cm³/mol. The number of hydrogen-bond donors (Lipinski definition) is 0. The van der Waals surface area contributed by atoms with Gasteiger partial charge in [0.15, 0.2) is 0 Å². The van der Waals surface area contributed by atoms with Crippen LogP contribution in [0.1, 0.15) is 0 Å². The summed E-state index contributed by atoms with van der Waals surface area (Å²) in [6.07, 6.45) is 3.56. The van der Waals surface area contributed by atoms with E-state index in [4.69, 9.17) is 10.00 Å². The minimum absolute atomic E-state index is 0.228. The fourth-order valence-electron chi connectivity index (χ4n) is 0.267. The standard InChI is InChI=1S/C4H8N2OS/c1-7-4-8(2)6-3-5/h4H2,1-2H3. The van der Waals surface area contributed by atoms with Crippen molar-refractivity contribution in [2.75, 3.05) is 19.3 Å². The summed E-state index contributed by atoms with van der Waals surface area (Å²) >= 11 is 0. The third-order valence-corrected chi connectivity index (χ3v) is 1.46. The molecule has 0 bridgehead atoms. The fraction of sp³-hybridized carbons (Fsp3) is 0.750. The number of rotatable bonds is 2. The summed E-state index contributed by atoms with van der Waals surface area (Å²) in [5, 5.41) is 8.00. The predicted octanol–water partition coefficient (Wildman–Crippen LogP) is 0.503. The molecule has 1 atom stereocenters. The average Bonchev–Trinajstić information content (AvgIpc) is 1.68. The molecule has 0 aliphatic heterocycles. The van der Waals surface area contributed by atoms with Crippen LogP contribution in [0.4, 0.5) is 0 Å². The third-order valence-electron chi connectivity index (χ3n) is 0.485. The zero-order valence-corrected chi connectivity index (χ0v) is 5.73. The lowest BCUT2D eigenvalue weighted by Gasteiger charge is -1.92. The summed E-state index contributed by atoms with van der Waals surface area (Å²) in [4.78, 5) is 0. The van der Waals surface area contributed by atoms with Crippen molar-refractivity contribution in [2.45, 2.75) is 0 Å². The van der Waals surface area contributed by atoms with Gasteiger partial charge in [0.05, 0.1) is 0 Å². The van der Waals surface area contributed by atoms with E-state index < -0.39 is 0 Å². The Morgan fingerprint density at radius 2 is 2.50 bits per heavy atom. The van der Waals surface area contributed by atoms with E-state index in [9.17, 15) is 0 Å². The van der Waals surface area contributed by atoms with Crippen LogP contribution in [0.5, 0.6) is 0 Å². The lowest BCUT2D eigenvalue weighted by Crippen LogP contribution is -1.94. The molecule has 8 heavy (non-hydrogen) atoms. The maximum absolute atomic E-state index is 8.00. The molecule has 0 aromatic carbocycles. The van der Waals surface area contributed by atoms with E-state index in [1.165, 1.54) is 0 Å². The molecule has 46 valence electrons. The van der Waals surface area contributed by atoms with Crippen LogP contribution in [-0.4, -0.2) is 19.3 Å². The molecule has 0 spiro atoms. The van der Waals surface area contributed by atoms with Gasteiger partial charge < -0.3 is 4.74 Å². The van der Waals surface area contributed by atoms with Crippen molar-refractivity contribution in [1.82, 2.24) is 0 Å². The van der Waals surface area contributed by atoms with Gasteiger partial charge in [-0.2, -0.15) is 5.26 Å². The van der Waals surface area contributed by atoms with Crippen molar-refractivity contribution in [3.05, 3.63) is 0 Å². The maximum atomic E-state index is 8.00. The number of hydrogen-bond acceptors (Lipinski definition) is 3. The van der Waals surface area contributed by atoms with Gasteiger partial charge in [-0.3, -0.25) is 0 Å². The van der Waals surface area contributed by atoms with E-state index in [-0.39, 0.29) is 10.7 Å². The monoisotopic (exact) mass is 132 g/mol. The average molecular weight is 132 g/mol. The summed E-state index contributed by atoms with van der Waals surface area (Å²) in [6, 6.07) is 0. The topological polar surface area (TPSA) is 45.4 Å². The summed E-state index contributed by atoms with van der Waals surface area (Å²) in [5.41, 5.74) is 0. The summed E-state index contributed by atoms with van der Waals surface area (Å²) in [6.45, 7) is 0. The van der Waals surface area contributed by atoms with Crippen LogP contribution in [0.3, 0.4) is 0 Å². The number of methoxy groups -OCH3 is 1. The van der Waals surface area contributed by atoms with E-state index in [2.05, 4.69) is 4.36 Å². The van der Waals surface area contributed by atoms with Gasteiger partial charge in [0.25, 0.3) is 0 Å². The van der Waals surface area contributed by atoms with Gasteiger partial charge in [0.1, 0.15) is 5.94 Å². The van der Waals surface area contributed by atoms with Crippen molar-refractivity contribution in [3.63, 3.8) is 0 Å². The van der Waals surface area contributed by atoms with Crippen LogP contribution in [0.15, 0.2) is 4.36 Å². The fourth-order valence-corrected chi connectivity index (χ4v) is 0.800. The molecule has 0 N–H and O–H groups in total. The molecule has 0 aliphatic rings. The van der Waals surface area contributed by atoms with E-state index in [0.29, 0.717) is 5.94 Å². The Labute approximate surface area is 51.4 Å². The molecule has 0 saturated carbocycles. The normalized spacial score (nSPS) is 13.1. The Morgan fingerprint density at radius 1 is 1.88 bits per heavy atom. The Morgan fingerprint density at radius 3 is 2.88 bits per heavy atom. The summed E-state index contributed by atoms with van der Waals surface area (Å²) in [7, 11) is 1.37. The van der Waals surface area contributed by atoms with Crippen LogP contribution in [0.2, 0.25) is 0 Å². The van der Waals surface area contributed by atoms with E-state index in [1.807, 2.05) is 6.26 Å². The van der Waals surface area contributed by atoms with E-state index in [1.54, 1.807) is 13.3 Å². The first kappa shape index (κ1) is 7.60. The van der Waals surface area contributed by atoms with Crippen LogP contribution in [-0.2, 0) is 15.4 Å². The molecule has 0 saturated heterocycles. The molecule has 0 heterocycles. The Kier molecular flexibility index (Phi) is 4.51. The number of nitrogens with zero attached hydrogens (tertiary/aromatic N) is 2. The van der Waals surface area contributed by atoms with Crippen molar-refractivity contribution in [2.24, 2.45) is 4.36 Å². The quantitative estimate of drug-likeness (QED) is 0.514. The highest BCUT2D eigenvalue weighted by atomic mass is 32.2. The highest BCUT2D eigenvalue weighted by Crippen LogP contribution is 1.80. The SMILES string of the molecule is COCS(C)=NC#N. The minimum atomic E-state index is -0.228. The van der Waals surface area contributed by atoms with Gasteiger partial charge in [-0.1, -0.05) is 10.7 Å². The van der Waals surface area contributed by atoms with Gasteiger partial charge >= 0.3 is 0 Å². The second kappa shape index (κ2) is 4.75. The van der Waals surface area contributed by atoms with Crippen LogP contribution < -0.4 is 0 Å². The second-order valence-electron chi connectivity index (χ2n) is 1.20. The van der Waals surface area contributed by atoms with Crippen LogP contribution in [0, 0.1) is 11.5 Å². The smallest absolute Gasteiger partial charge is 0.212 e. The van der Waals surface area contributed by atoms with E-state index >= 15 is 0 Å². The van der Waals surface area contributed by atoms with Gasteiger partial charge in [0.2, 0.25) is 6.19 Å². The van der Waals surface area contributed by atoms with E-state index in [0.717, 1.165) is 0 Å². The highest BCUT2D eigenvalue weighted by molar-refractivity contribution is 7.86. The van der Waals surface area contributed by atoms with Gasteiger partial charge in [-0.15, -0.1) is 4.36 Å². The highest BCUT2D eigenvalue weighted by Gasteiger charge is 1.81. The molecule has 0 fully saturated rings. The zero-order chi connectivity index (χ0) is 6.41. The van der Waals surface area contributed by atoms with Crippen molar-refractivity contribution < 1.29 is 4.74 Å². The first-order valence-electron chi connectivity index (χ1n) is 2.02. The molecule has 4 heteroatoms. The maximum Gasteiger partial charge on any atom is 0.212 e. The van der Waals surface area contributed by atoms with Gasteiger partial charge in [0, 0.05) is 7.11 Å². The lowest BCUT2D eigenvalue weighted by molar-refractivity contribution is 0.257. The van der Waals surface area contributed by atoms with Gasteiger partial charge in [-0.05, 0) is 6.26 Å². The lowest BCUT2D eigenvalue weighted by atomic mass is 11.5. The second-order valence-corrected chi connectivity index (χ2v) is 2.82. The first-order chi connectivity index (χ1) is 3.81. The molecule has 0 rings (SSSR count).